The number of unbranched alkanes of at least 4 members (excludes halogenated alkanes) is 1. The smallest absolute Gasteiger partial charge is 0.326 e. The SMILES string of the molecule is NCCCCC(N)C(=O)NC(CCC(=O)O)C(=O)NC(CCC(=O)O)C(=O)O. The van der Waals surface area contributed by atoms with Crippen molar-refractivity contribution >= 4 is 29.7 Å². The number of carbonyl (C=O) groups is 5. The fourth-order valence-corrected chi connectivity index (χ4v) is 2.25. The van der Waals surface area contributed by atoms with E-state index in [0.717, 1.165) is 0 Å². The van der Waals surface area contributed by atoms with E-state index in [1.807, 2.05) is 0 Å². The van der Waals surface area contributed by atoms with E-state index in [-0.39, 0.29) is 12.8 Å². The third-order valence-corrected chi connectivity index (χ3v) is 3.85. The van der Waals surface area contributed by atoms with Crippen LogP contribution in [0.25, 0.3) is 0 Å². The molecular weight excluding hydrogens is 376 g/mol. The van der Waals surface area contributed by atoms with Crippen molar-refractivity contribution in [1.29, 1.82) is 0 Å². The number of carboxylic acid groups (broad SMARTS) is 3. The molecule has 0 heterocycles. The monoisotopic (exact) mass is 404 g/mol. The van der Waals surface area contributed by atoms with E-state index in [9.17, 15) is 24.0 Å². The summed E-state index contributed by atoms with van der Waals surface area (Å²) in [5.41, 5.74) is 11.1. The van der Waals surface area contributed by atoms with Crippen LogP contribution >= 0.6 is 0 Å². The number of nitrogens with two attached hydrogens (primary N) is 2. The van der Waals surface area contributed by atoms with E-state index in [4.69, 9.17) is 26.8 Å². The maximum atomic E-state index is 12.3. The number of amides is 2. The first kappa shape index (κ1) is 25.3. The molecule has 2 amide bonds. The molecule has 0 saturated heterocycles. The molecule has 0 spiro atoms. The third kappa shape index (κ3) is 11.1. The number of hydrogen-bond acceptors (Lipinski definition) is 7. The Labute approximate surface area is 161 Å². The molecule has 0 aliphatic rings. The Bertz CT molecular complexity index is 569. The molecule has 0 radical (unpaired) electrons. The lowest BCUT2D eigenvalue weighted by molar-refractivity contribution is -0.144. The second kappa shape index (κ2) is 13.4. The van der Waals surface area contributed by atoms with Crippen LogP contribution in [0.2, 0.25) is 0 Å². The number of hydrogen-bond donors (Lipinski definition) is 7. The van der Waals surface area contributed by atoms with Gasteiger partial charge in [-0.3, -0.25) is 19.2 Å². The molecule has 12 heteroatoms. The largest absolute Gasteiger partial charge is 0.481 e. The maximum Gasteiger partial charge on any atom is 0.326 e. The average molecular weight is 404 g/mol. The van der Waals surface area contributed by atoms with Gasteiger partial charge in [-0.05, 0) is 32.2 Å². The number of rotatable bonds is 15. The van der Waals surface area contributed by atoms with Crippen LogP contribution in [0.3, 0.4) is 0 Å². The van der Waals surface area contributed by atoms with Crippen molar-refractivity contribution in [2.24, 2.45) is 11.5 Å². The van der Waals surface area contributed by atoms with Gasteiger partial charge in [0.05, 0.1) is 6.04 Å². The van der Waals surface area contributed by atoms with E-state index in [0.29, 0.717) is 25.8 Å². The summed E-state index contributed by atoms with van der Waals surface area (Å²) in [6.45, 7) is 0.435. The van der Waals surface area contributed by atoms with Gasteiger partial charge >= 0.3 is 17.9 Å². The molecular formula is C16H28N4O8. The zero-order valence-electron chi connectivity index (χ0n) is 15.4. The Hall–Kier alpha value is -2.73. The third-order valence-electron chi connectivity index (χ3n) is 3.85. The Kier molecular flexibility index (Phi) is 12.1. The van der Waals surface area contributed by atoms with E-state index in [1.54, 1.807) is 0 Å². The molecule has 0 aliphatic carbocycles. The predicted molar refractivity (Wildman–Crippen MR) is 96.1 cm³/mol. The van der Waals surface area contributed by atoms with Crippen LogP contribution in [0, 0.1) is 0 Å². The number of nitrogens with one attached hydrogen (secondary N) is 2. The van der Waals surface area contributed by atoms with Gasteiger partial charge in [0.1, 0.15) is 12.1 Å². The van der Waals surface area contributed by atoms with Crippen LogP contribution in [0.15, 0.2) is 0 Å². The zero-order chi connectivity index (χ0) is 21.7. The van der Waals surface area contributed by atoms with Crippen molar-refractivity contribution < 1.29 is 39.3 Å². The van der Waals surface area contributed by atoms with Crippen LogP contribution < -0.4 is 22.1 Å². The normalized spacial score (nSPS) is 13.8. The quantitative estimate of drug-likeness (QED) is 0.152. The van der Waals surface area contributed by atoms with Crippen LogP contribution in [0.5, 0.6) is 0 Å². The Morgan fingerprint density at radius 3 is 1.71 bits per heavy atom. The number of carboxylic acids is 3. The second-order valence-electron chi connectivity index (χ2n) is 6.22. The average Bonchev–Trinajstić information content (AvgIpc) is 2.61. The molecule has 160 valence electrons. The maximum absolute atomic E-state index is 12.3. The van der Waals surface area contributed by atoms with Crippen molar-refractivity contribution in [3.8, 4) is 0 Å². The summed E-state index contributed by atoms with van der Waals surface area (Å²) in [7, 11) is 0. The van der Waals surface area contributed by atoms with Crippen molar-refractivity contribution in [1.82, 2.24) is 10.6 Å². The highest BCUT2D eigenvalue weighted by molar-refractivity contribution is 5.92. The molecule has 0 rings (SSSR count). The van der Waals surface area contributed by atoms with Gasteiger partial charge in [0.15, 0.2) is 0 Å². The first-order valence-corrected chi connectivity index (χ1v) is 8.81. The van der Waals surface area contributed by atoms with Gasteiger partial charge in [0.25, 0.3) is 0 Å². The predicted octanol–water partition coefficient (Wildman–Crippen LogP) is -1.77. The lowest BCUT2D eigenvalue weighted by atomic mass is 10.1. The highest BCUT2D eigenvalue weighted by Gasteiger charge is 2.28. The Morgan fingerprint density at radius 2 is 1.25 bits per heavy atom. The fraction of sp³-hybridized carbons (Fsp3) is 0.688. The van der Waals surface area contributed by atoms with Crippen LogP contribution in [0.1, 0.15) is 44.9 Å². The molecule has 9 N–H and O–H groups in total. The molecule has 3 atom stereocenters. The lowest BCUT2D eigenvalue weighted by Crippen LogP contribution is -2.54. The van der Waals surface area contributed by atoms with Gasteiger partial charge in [-0.15, -0.1) is 0 Å². The van der Waals surface area contributed by atoms with Crippen LogP contribution in [-0.2, 0) is 24.0 Å². The van der Waals surface area contributed by atoms with Gasteiger partial charge in [-0.1, -0.05) is 6.42 Å². The summed E-state index contributed by atoms with van der Waals surface area (Å²) in [5, 5.41) is 31.0. The Balaban J connectivity index is 5.01. The minimum absolute atomic E-state index is 0.284. The Morgan fingerprint density at radius 1 is 0.750 bits per heavy atom. The molecule has 3 unspecified atom stereocenters. The minimum atomic E-state index is -1.49. The summed E-state index contributed by atoms with van der Waals surface area (Å²) >= 11 is 0. The van der Waals surface area contributed by atoms with Gasteiger partial charge < -0.3 is 37.4 Å². The van der Waals surface area contributed by atoms with Crippen molar-refractivity contribution in [3.05, 3.63) is 0 Å². The first-order chi connectivity index (χ1) is 13.1. The lowest BCUT2D eigenvalue weighted by Gasteiger charge is -2.22. The molecule has 0 aliphatic heterocycles. The van der Waals surface area contributed by atoms with E-state index >= 15 is 0 Å². The molecule has 0 fully saturated rings. The molecule has 0 aromatic rings. The molecule has 0 aromatic heterocycles. The summed E-state index contributed by atoms with van der Waals surface area (Å²) in [6, 6.07) is -3.75. The highest BCUT2D eigenvalue weighted by atomic mass is 16.4. The van der Waals surface area contributed by atoms with Gasteiger partial charge in [-0.25, -0.2) is 4.79 Å². The summed E-state index contributed by atoms with van der Waals surface area (Å²) in [4.78, 5) is 57.1. The van der Waals surface area contributed by atoms with Crippen molar-refractivity contribution in [3.63, 3.8) is 0 Å². The number of carbonyl (C=O) groups excluding carboxylic acids is 2. The summed E-state index contributed by atoms with van der Waals surface area (Å²) in [6.07, 6.45) is -0.0286. The minimum Gasteiger partial charge on any atom is -0.481 e. The standard InChI is InChI=1S/C16H28N4O8/c17-8-2-1-3-9(18)14(25)19-10(4-6-12(21)22)15(26)20-11(16(27)28)5-7-13(23)24/h9-11H,1-8,17-18H2,(H,19,25)(H,20,26)(H,21,22)(H,23,24)(H,27,28). The van der Waals surface area contributed by atoms with Gasteiger partial charge in [0.2, 0.25) is 11.8 Å². The van der Waals surface area contributed by atoms with Crippen LogP contribution in [-0.4, -0.2) is 69.7 Å². The van der Waals surface area contributed by atoms with Crippen molar-refractivity contribution in [2.75, 3.05) is 6.54 Å². The molecule has 0 bridgehead atoms. The van der Waals surface area contributed by atoms with E-state index in [2.05, 4.69) is 10.6 Å². The topological polar surface area (TPSA) is 222 Å². The fourth-order valence-electron chi connectivity index (χ4n) is 2.25. The van der Waals surface area contributed by atoms with Crippen molar-refractivity contribution in [2.45, 2.75) is 63.1 Å². The number of aliphatic carboxylic acids is 3. The molecule has 0 aromatic carbocycles. The second-order valence-corrected chi connectivity index (χ2v) is 6.22. The van der Waals surface area contributed by atoms with Gasteiger partial charge in [0, 0.05) is 12.8 Å². The van der Waals surface area contributed by atoms with E-state index in [1.165, 1.54) is 0 Å². The highest BCUT2D eigenvalue weighted by Crippen LogP contribution is 2.05. The molecule has 0 saturated carbocycles. The van der Waals surface area contributed by atoms with Crippen LogP contribution in [0.4, 0.5) is 0 Å². The molecule has 28 heavy (non-hydrogen) atoms. The summed E-state index contributed by atoms with van der Waals surface area (Å²) < 4.78 is 0. The van der Waals surface area contributed by atoms with Gasteiger partial charge in [-0.2, -0.15) is 0 Å². The first-order valence-electron chi connectivity index (χ1n) is 8.81. The molecule has 12 nitrogen and oxygen atoms in total. The van der Waals surface area contributed by atoms with E-state index < -0.39 is 60.7 Å². The summed E-state index contributed by atoms with van der Waals surface area (Å²) in [5.74, 6) is -5.50. The zero-order valence-corrected chi connectivity index (χ0v) is 15.4.